The van der Waals surface area contributed by atoms with E-state index in [9.17, 15) is 0 Å². The van der Waals surface area contributed by atoms with Gasteiger partial charge in [0.15, 0.2) is 0 Å². The predicted molar refractivity (Wildman–Crippen MR) is 109 cm³/mol. The Kier molecular flexibility index (Phi) is 7.72. The second kappa shape index (κ2) is 9.07. The standard InChI is InChI=1S/C21H32BNO2/c1-9-13-16-19(12-4)23(17-18(14-10-2)15-11-3)22-24-20(5,6)21(7,8)25-22/h9-16H,1-2,17H2,3-8H3/b15-11-,16-13-,18-14+,19-12+. The highest BCUT2D eigenvalue weighted by molar-refractivity contribution is 6.43. The van der Waals surface area contributed by atoms with Gasteiger partial charge in [0.2, 0.25) is 0 Å². The van der Waals surface area contributed by atoms with E-state index in [0.29, 0.717) is 6.54 Å². The van der Waals surface area contributed by atoms with Crippen LogP contribution in [-0.4, -0.2) is 29.8 Å². The Morgan fingerprint density at radius 3 is 2.04 bits per heavy atom. The van der Waals surface area contributed by atoms with E-state index in [1.165, 1.54) is 0 Å². The van der Waals surface area contributed by atoms with E-state index >= 15 is 0 Å². The SMILES string of the molecule is C=C/C=C\C(=C/C)N(CC(/C=C\C)=C/C=C)B1OC(C)(C)C(C)(C)O1. The molecule has 4 heteroatoms. The molecule has 0 bridgehead atoms. The van der Waals surface area contributed by atoms with E-state index in [4.69, 9.17) is 9.31 Å². The third-order valence-electron chi connectivity index (χ3n) is 4.59. The third-order valence-corrected chi connectivity index (χ3v) is 4.59. The molecule has 25 heavy (non-hydrogen) atoms. The first kappa shape index (κ1) is 21.3. The molecule has 1 aliphatic heterocycles. The van der Waals surface area contributed by atoms with Gasteiger partial charge in [-0.3, -0.25) is 0 Å². The molecule has 0 N–H and O–H groups in total. The van der Waals surface area contributed by atoms with Crippen LogP contribution in [0.5, 0.6) is 0 Å². The highest BCUT2D eigenvalue weighted by Gasteiger charge is 2.54. The summed E-state index contributed by atoms with van der Waals surface area (Å²) in [5.41, 5.74) is 1.36. The van der Waals surface area contributed by atoms with Gasteiger partial charge in [-0.1, -0.05) is 55.7 Å². The maximum Gasteiger partial charge on any atom is 0.594 e. The van der Waals surface area contributed by atoms with Gasteiger partial charge in [0.05, 0.1) is 11.2 Å². The van der Waals surface area contributed by atoms with Gasteiger partial charge in [-0.15, -0.1) is 0 Å². The molecule has 0 spiro atoms. The Labute approximate surface area is 154 Å². The first-order valence-corrected chi connectivity index (χ1v) is 8.74. The molecule has 3 nitrogen and oxygen atoms in total. The molecule has 1 aliphatic rings. The molecule has 1 rings (SSSR count). The molecule has 0 amide bonds. The topological polar surface area (TPSA) is 21.7 Å². The summed E-state index contributed by atoms with van der Waals surface area (Å²) in [6.07, 6.45) is 15.6. The molecule has 1 fully saturated rings. The van der Waals surface area contributed by atoms with E-state index < -0.39 is 7.25 Å². The van der Waals surface area contributed by atoms with Crippen molar-refractivity contribution in [2.24, 2.45) is 0 Å². The average molecular weight is 341 g/mol. The van der Waals surface area contributed by atoms with E-state index in [0.717, 1.165) is 11.3 Å². The van der Waals surface area contributed by atoms with Gasteiger partial charge < -0.3 is 14.1 Å². The molecular weight excluding hydrogens is 309 g/mol. The molecule has 0 aliphatic carbocycles. The normalized spacial score (nSPS) is 20.5. The van der Waals surface area contributed by atoms with Crippen LogP contribution in [0, 0.1) is 0 Å². The summed E-state index contributed by atoms with van der Waals surface area (Å²) in [5.74, 6) is 0. The number of rotatable bonds is 8. The zero-order chi connectivity index (χ0) is 19.1. The Balaban J connectivity index is 3.24. The van der Waals surface area contributed by atoms with Gasteiger partial charge >= 0.3 is 7.25 Å². The fraction of sp³-hybridized carbons (Fsp3) is 0.429. The summed E-state index contributed by atoms with van der Waals surface area (Å²) in [5, 5.41) is 0. The fourth-order valence-electron chi connectivity index (χ4n) is 2.47. The first-order valence-electron chi connectivity index (χ1n) is 8.74. The lowest BCUT2D eigenvalue weighted by atomic mass is 9.90. The van der Waals surface area contributed by atoms with Crippen molar-refractivity contribution in [1.29, 1.82) is 0 Å². The number of allylic oxidation sites excluding steroid dienone is 7. The maximum absolute atomic E-state index is 6.27. The number of hydrogen-bond acceptors (Lipinski definition) is 3. The summed E-state index contributed by atoms with van der Waals surface area (Å²) in [7, 11) is -0.468. The van der Waals surface area contributed by atoms with Crippen LogP contribution in [0.25, 0.3) is 0 Å². The van der Waals surface area contributed by atoms with Crippen LogP contribution in [0.2, 0.25) is 0 Å². The lowest BCUT2D eigenvalue weighted by Crippen LogP contribution is -2.42. The quantitative estimate of drug-likeness (QED) is 0.447. The molecular formula is C21H32BNO2. The van der Waals surface area contributed by atoms with Crippen molar-refractivity contribution < 1.29 is 9.31 Å². The van der Waals surface area contributed by atoms with Crippen LogP contribution >= 0.6 is 0 Å². The van der Waals surface area contributed by atoms with Crippen LogP contribution < -0.4 is 0 Å². The number of nitrogens with zero attached hydrogens (tertiary/aromatic N) is 1. The Morgan fingerprint density at radius 2 is 1.60 bits per heavy atom. The van der Waals surface area contributed by atoms with Crippen LogP contribution in [0.3, 0.4) is 0 Å². The van der Waals surface area contributed by atoms with Gasteiger partial charge in [0, 0.05) is 12.2 Å². The number of hydrogen-bond donors (Lipinski definition) is 0. The van der Waals surface area contributed by atoms with Crippen LogP contribution in [-0.2, 0) is 9.31 Å². The molecule has 0 aromatic heterocycles. The van der Waals surface area contributed by atoms with Crippen molar-refractivity contribution >= 4 is 7.25 Å². The van der Waals surface area contributed by atoms with Crippen molar-refractivity contribution in [2.75, 3.05) is 6.54 Å². The monoisotopic (exact) mass is 341 g/mol. The van der Waals surface area contributed by atoms with Gasteiger partial charge in [-0.25, -0.2) is 0 Å². The second-order valence-corrected chi connectivity index (χ2v) is 6.98. The van der Waals surface area contributed by atoms with E-state index in [1.54, 1.807) is 12.2 Å². The Hall–Kier alpha value is -1.78. The van der Waals surface area contributed by atoms with Crippen molar-refractivity contribution in [1.82, 2.24) is 4.81 Å². The summed E-state index contributed by atoms with van der Waals surface area (Å²) in [4.78, 5) is 2.12. The molecule has 1 heterocycles. The summed E-state index contributed by atoms with van der Waals surface area (Å²) in [6.45, 7) is 20.5. The molecule has 0 aromatic rings. The minimum absolute atomic E-state index is 0.389. The Morgan fingerprint density at radius 1 is 1.00 bits per heavy atom. The van der Waals surface area contributed by atoms with Crippen molar-refractivity contribution in [3.05, 3.63) is 73.0 Å². The Bertz CT molecular complexity index is 581. The molecule has 136 valence electrons. The van der Waals surface area contributed by atoms with Gasteiger partial charge in [-0.2, -0.15) is 0 Å². The third kappa shape index (κ3) is 5.35. The molecule has 0 aromatic carbocycles. The van der Waals surface area contributed by atoms with E-state index in [2.05, 4.69) is 51.7 Å². The lowest BCUT2D eigenvalue weighted by Gasteiger charge is -2.32. The van der Waals surface area contributed by atoms with Crippen LogP contribution in [0.1, 0.15) is 41.5 Å². The van der Waals surface area contributed by atoms with Crippen molar-refractivity contribution in [3.8, 4) is 0 Å². The largest absolute Gasteiger partial charge is 0.594 e. The highest BCUT2D eigenvalue weighted by atomic mass is 16.7. The first-order chi connectivity index (χ1) is 11.7. The summed E-state index contributed by atoms with van der Waals surface area (Å²) >= 11 is 0. The lowest BCUT2D eigenvalue weighted by molar-refractivity contribution is 0.00578. The second-order valence-electron chi connectivity index (χ2n) is 6.98. The van der Waals surface area contributed by atoms with Crippen LogP contribution in [0.15, 0.2) is 73.0 Å². The zero-order valence-corrected chi connectivity index (χ0v) is 16.6. The minimum Gasteiger partial charge on any atom is -0.384 e. The van der Waals surface area contributed by atoms with Crippen molar-refractivity contribution in [2.45, 2.75) is 52.7 Å². The van der Waals surface area contributed by atoms with Gasteiger partial charge in [0.25, 0.3) is 0 Å². The molecule has 0 atom stereocenters. The smallest absolute Gasteiger partial charge is 0.384 e. The molecule has 0 unspecified atom stereocenters. The molecule has 1 saturated heterocycles. The fourth-order valence-corrected chi connectivity index (χ4v) is 2.47. The molecule has 0 saturated carbocycles. The minimum atomic E-state index is -0.468. The van der Waals surface area contributed by atoms with E-state index in [1.807, 2.05) is 44.2 Å². The van der Waals surface area contributed by atoms with Crippen LogP contribution in [0.4, 0.5) is 0 Å². The highest BCUT2D eigenvalue weighted by Crippen LogP contribution is 2.38. The molecule has 0 radical (unpaired) electrons. The van der Waals surface area contributed by atoms with Gasteiger partial charge in [0.1, 0.15) is 0 Å². The van der Waals surface area contributed by atoms with Crippen molar-refractivity contribution in [3.63, 3.8) is 0 Å². The van der Waals surface area contributed by atoms with Gasteiger partial charge in [-0.05, 0) is 53.2 Å². The average Bonchev–Trinajstić information content (AvgIpc) is 2.75. The predicted octanol–water partition coefficient (Wildman–Crippen LogP) is 5.21. The summed E-state index contributed by atoms with van der Waals surface area (Å²) < 4.78 is 12.5. The maximum atomic E-state index is 6.27. The summed E-state index contributed by atoms with van der Waals surface area (Å²) in [6, 6.07) is 0. The zero-order valence-electron chi connectivity index (χ0n) is 16.6. The van der Waals surface area contributed by atoms with E-state index in [-0.39, 0.29) is 11.2 Å².